The molecule has 5 rings (SSSR count). The summed E-state index contributed by atoms with van der Waals surface area (Å²) < 4.78 is 19.2. The maximum atomic E-state index is 13.5. The Morgan fingerprint density at radius 3 is 2.37 bits per heavy atom. The van der Waals surface area contributed by atoms with Gasteiger partial charge in [0.1, 0.15) is 5.82 Å². The van der Waals surface area contributed by atoms with Gasteiger partial charge in [0.2, 0.25) is 5.91 Å². The van der Waals surface area contributed by atoms with E-state index in [2.05, 4.69) is 15.6 Å². The molecule has 1 aromatic heterocycles. The van der Waals surface area contributed by atoms with Crippen LogP contribution in [0.4, 0.5) is 14.9 Å². The molecule has 208 valence electrons. The number of ether oxygens (including phenoxy) is 1. The Kier molecular flexibility index (Phi) is 8.34. The Balaban J connectivity index is 1.33. The number of hydrogen-bond acceptors (Lipinski definition) is 5. The molecule has 0 spiro atoms. The fraction of sp³-hybridized carbons (Fsp3) is 0.188. The zero-order chi connectivity index (χ0) is 28.8. The summed E-state index contributed by atoms with van der Waals surface area (Å²) in [6, 6.07) is 24.4. The van der Waals surface area contributed by atoms with Crippen molar-refractivity contribution in [1.82, 2.24) is 15.2 Å². The number of aromatic nitrogens is 1. The third-order valence-corrected chi connectivity index (χ3v) is 6.84. The van der Waals surface area contributed by atoms with Gasteiger partial charge in [0.05, 0.1) is 6.54 Å². The lowest BCUT2D eigenvalue weighted by atomic mass is 10.00. The number of rotatable bonds is 9. The standard InChI is InChI=1S/C32H29FN4O4/c1-21-5-9-24(10-6-21)30(38)36-27-15-11-23(12-16-27)29-28(31(39)35-19-17-26-4-2-3-18-34-26)37(32(40)41-29)20-22-7-13-25(33)14-8-22/h2-16,18,28-29H,17,19-20H2,1H3,(H,35,39)(H,36,38)/t28-,29+/m1/s1. The molecule has 0 bridgehead atoms. The molecular formula is C32H29FN4O4. The summed E-state index contributed by atoms with van der Waals surface area (Å²) in [5, 5.41) is 5.76. The van der Waals surface area contributed by atoms with Crippen molar-refractivity contribution >= 4 is 23.6 Å². The first-order valence-corrected chi connectivity index (χ1v) is 13.2. The molecule has 3 amide bonds. The minimum atomic E-state index is -0.968. The highest BCUT2D eigenvalue weighted by Crippen LogP contribution is 2.34. The predicted octanol–water partition coefficient (Wildman–Crippen LogP) is 5.20. The van der Waals surface area contributed by atoms with Crippen molar-refractivity contribution in [2.45, 2.75) is 32.0 Å². The summed E-state index contributed by atoms with van der Waals surface area (Å²) in [5.41, 5.74) is 4.23. The van der Waals surface area contributed by atoms with Crippen LogP contribution in [0.5, 0.6) is 0 Å². The largest absolute Gasteiger partial charge is 0.438 e. The summed E-state index contributed by atoms with van der Waals surface area (Å²) in [6.07, 6.45) is 0.667. The molecule has 2 atom stereocenters. The number of carbonyl (C=O) groups is 3. The third-order valence-electron chi connectivity index (χ3n) is 6.84. The molecule has 4 aromatic rings. The number of halogens is 1. The first kappa shape index (κ1) is 27.5. The summed E-state index contributed by atoms with van der Waals surface area (Å²) in [5.74, 6) is -1.02. The van der Waals surface area contributed by atoms with E-state index in [0.29, 0.717) is 35.3 Å². The molecule has 41 heavy (non-hydrogen) atoms. The van der Waals surface area contributed by atoms with E-state index >= 15 is 0 Å². The number of cyclic esters (lactones) is 1. The highest BCUT2D eigenvalue weighted by Gasteiger charge is 2.46. The second-order valence-electron chi connectivity index (χ2n) is 9.81. The Hall–Kier alpha value is -5.05. The van der Waals surface area contributed by atoms with Crippen molar-refractivity contribution < 1.29 is 23.5 Å². The lowest BCUT2D eigenvalue weighted by molar-refractivity contribution is -0.126. The summed E-state index contributed by atoms with van der Waals surface area (Å²) in [7, 11) is 0. The van der Waals surface area contributed by atoms with Gasteiger partial charge in [-0.2, -0.15) is 0 Å². The molecule has 8 nitrogen and oxygen atoms in total. The molecule has 1 saturated heterocycles. The topological polar surface area (TPSA) is 101 Å². The number of nitrogens with one attached hydrogen (secondary N) is 2. The fourth-order valence-corrected chi connectivity index (χ4v) is 4.63. The van der Waals surface area contributed by atoms with Crippen LogP contribution < -0.4 is 10.6 Å². The number of carbonyl (C=O) groups excluding carboxylic acids is 3. The number of hydrogen-bond donors (Lipinski definition) is 2. The van der Waals surface area contributed by atoms with Gasteiger partial charge in [-0.05, 0) is 66.6 Å². The van der Waals surface area contributed by atoms with Crippen LogP contribution in [-0.2, 0) is 22.5 Å². The van der Waals surface area contributed by atoms with E-state index in [-0.39, 0.29) is 18.4 Å². The van der Waals surface area contributed by atoms with Gasteiger partial charge in [0.15, 0.2) is 12.1 Å². The van der Waals surface area contributed by atoms with Gasteiger partial charge in [-0.15, -0.1) is 0 Å². The van der Waals surface area contributed by atoms with E-state index in [4.69, 9.17) is 4.74 Å². The lowest BCUT2D eigenvalue weighted by Gasteiger charge is -2.24. The molecular weight excluding hydrogens is 523 g/mol. The average Bonchev–Trinajstić information content (AvgIpc) is 3.31. The fourth-order valence-electron chi connectivity index (χ4n) is 4.63. The van der Waals surface area contributed by atoms with Crippen LogP contribution in [0.25, 0.3) is 0 Å². The average molecular weight is 553 g/mol. The van der Waals surface area contributed by atoms with Crippen molar-refractivity contribution in [3.8, 4) is 0 Å². The van der Waals surface area contributed by atoms with Crippen molar-refractivity contribution in [2.75, 3.05) is 11.9 Å². The van der Waals surface area contributed by atoms with Gasteiger partial charge in [-0.25, -0.2) is 9.18 Å². The van der Waals surface area contributed by atoms with E-state index in [1.165, 1.54) is 17.0 Å². The molecule has 2 heterocycles. The second-order valence-corrected chi connectivity index (χ2v) is 9.81. The molecule has 1 aliphatic heterocycles. The van der Waals surface area contributed by atoms with E-state index in [1.54, 1.807) is 54.7 Å². The Bertz CT molecular complexity index is 1510. The van der Waals surface area contributed by atoms with Crippen molar-refractivity contribution in [3.05, 3.63) is 131 Å². The van der Waals surface area contributed by atoms with E-state index < -0.39 is 24.1 Å². The summed E-state index contributed by atoms with van der Waals surface area (Å²) in [6.45, 7) is 2.34. The zero-order valence-corrected chi connectivity index (χ0v) is 22.4. The van der Waals surface area contributed by atoms with Gasteiger partial charge in [0.25, 0.3) is 5.91 Å². The van der Waals surface area contributed by atoms with Crippen LogP contribution in [-0.4, -0.2) is 40.4 Å². The third kappa shape index (κ3) is 6.75. The molecule has 1 aliphatic rings. The monoisotopic (exact) mass is 552 g/mol. The highest BCUT2D eigenvalue weighted by molar-refractivity contribution is 6.04. The van der Waals surface area contributed by atoms with Crippen molar-refractivity contribution in [3.63, 3.8) is 0 Å². The maximum Gasteiger partial charge on any atom is 0.411 e. The van der Waals surface area contributed by atoms with E-state index in [1.807, 2.05) is 37.3 Å². The Morgan fingerprint density at radius 1 is 0.951 bits per heavy atom. The Morgan fingerprint density at radius 2 is 1.68 bits per heavy atom. The van der Waals surface area contributed by atoms with Crippen LogP contribution in [0.2, 0.25) is 0 Å². The smallest absolute Gasteiger partial charge is 0.411 e. The minimum absolute atomic E-state index is 0.0681. The number of anilines is 1. The van der Waals surface area contributed by atoms with Gasteiger partial charge in [-0.3, -0.25) is 19.5 Å². The van der Waals surface area contributed by atoms with Gasteiger partial charge < -0.3 is 15.4 Å². The number of nitrogens with zero attached hydrogens (tertiary/aromatic N) is 2. The van der Waals surface area contributed by atoms with Crippen LogP contribution >= 0.6 is 0 Å². The molecule has 0 aliphatic carbocycles. The van der Waals surface area contributed by atoms with E-state index in [0.717, 1.165) is 11.3 Å². The quantitative estimate of drug-likeness (QED) is 0.297. The molecule has 1 fully saturated rings. The SMILES string of the molecule is Cc1ccc(C(=O)Nc2ccc([C@@H]3OC(=O)N(Cc4ccc(F)cc4)[C@H]3C(=O)NCCc3ccccn3)cc2)cc1. The number of pyridine rings is 1. The highest BCUT2D eigenvalue weighted by atomic mass is 19.1. The number of amides is 3. The minimum Gasteiger partial charge on any atom is -0.438 e. The van der Waals surface area contributed by atoms with Crippen LogP contribution in [0, 0.1) is 12.7 Å². The molecule has 0 radical (unpaired) electrons. The normalized spacial score (nSPS) is 16.2. The Labute approximate surface area is 237 Å². The first-order valence-electron chi connectivity index (χ1n) is 13.2. The van der Waals surface area contributed by atoms with E-state index in [9.17, 15) is 18.8 Å². The summed E-state index contributed by atoms with van der Waals surface area (Å²) >= 11 is 0. The first-order chi connectivity index (χ1) is 19.9. The van der Waals surface area contributed by atoms with Gasteiger partial charge in [0, 0.05) is 36.1 Å². The van der Waals surface area contributed by atoms with Gasteiger partial charge in [-0.1, -0.05) is 48.0 Å². The molecule has 0 unspecified atom stereocenters. The van der Waals surface area contributed by atoms with Crippen molar-refractivity contribution in [1.29, 1.82) is 0 Å². The van der Waals surface area contributed by atoms with Crippen LogP contribution in [0.15, 0.2) is 97.2 Å². The lowest BCUT2D eigenvalue weighted by Crippen LogP contribution is -2.46. The summed E-state index contributed by atoms with van der Waals surface area (Å²) in [4.78, 5) is 44.8. The molecule has 3 aromatic carbocycles. The van der Waals surface area contributed by atoms with Gasteiger partial charge >= 0.3 is 6.09 Å². The number of aryl methyl sites for hydroxylation is 1. The van der Waals surface area contributed by atoms with Crippen molar-refractivity contribution in [2.24, 2.45) is 0 Å². The van der Waals surface area contributed by atoms with Crippen LogP contribution in [0.3, 0.4) is 0 Å². The molecule has 0 saturated carbocycles. The second kappa shape index (κ2) is 12.4. The predicted molar refractivity (Wildman–Crippen MR) is 151 cm³/mol. The van der Waals surface area contributed by atoms with Crippen LogP contribution in [0.1, 0.15) is 38.8 Å². The zero-order valence-electron chi connectivity index (χ0n) is 22.4. The maximum absolute atomic E-state index is 13.5. The number of benzene rings is 3. The molecule has 9 heteroatoms. The molecule has 2 N–H and O–H groups in total.